The molecule has 35 nitrogen and oxygen atoms in total. The Morgan fingerprint density at radius 1 is 0.336 bits per heavy atom. The molecule has 4 aliphatic carbocycles. The maximum absolute atomic E-state index is 12.3. The lowest BCUT2D eigenvalue weighted by Crippen LogP contribution is -2.41. The van der Waals surface area contributed by atoms with Gasteiger partial charge in [0.05, 0.1) is 44.5 Å². The molecule has 3 saturated carbocycles. The van der Waals surface area contributed by atoms with Gasteiger partial charge in [-0.05, 0) is 200 Å². The van der Waals surface area contributed by atoms with Crippen molar-refractivity contribution in [2.45, 2.75) is 502 Å². The average Bonchev–Trinajstić information content (AvgIpc) is 1.57. The minimum atomic E-state index is -1.44. The number of hydrogen-bond acceptors (Lipinski definition) is 35. The van der Waals surface area contributed by atoms with E-state index in [0.29, 0.717) is 44.9 Å². The summed E-state index contributed by atoms with van der Waals surface area (Å²) in [5, 5.41) is 18.9. The van der Waals surface area contributed by atoms with Crippen LogP contribution in [0.1, 0.15) is 344 Å². The van der Waals surface area contributed by atoms with Crippen LogP contribution in [0, 0.1) is 50.2 Å². The van der Waals surface area contributed by atoms with Gasteiger partial charge in [-0.25, -0.2) is 28.8 Å². The van der Waals surface area contributed by atoms with Crippen LogP contribution in [0.25, 0.3) is 0 Å². The first-order valence-electron chi connectivity index (χ1n) is 43.4. The normalized spacial score (nSPS) is 33.6. The first-order chi connectivity index (χ1) is 56.8. The van der Waals surface area contributed by atoms with E-state index in [1.54, 1.807) is 55.4 Å². The summed E-state index contributed by atoms with van der Waals surface area (Å²) in [6.45, 7) is 40.1. The summed E-state index contributed by atoms with van der Waals surface area (Å²) < 4.78 is 115. The zero-order chi connectivity index (χ0) is 90.0. The lowest BCUT2D eigenvalue weighted by molar-refractivity contribution is -0.246. The van der Waals surface area contributed by atoms with E-state index in [4.69, 9.17) is 99.5 Å². The third kappa shape index (κ3) is 26.9. The molecule has 26 unspecified atom stereocenters. The Morgan fingerprint density at radius 2 is 0.664 bits per heavy atom. The van der Waals surface area contributed by atoms with E-state index in [2.05, 4.69) is 0 Å². The number of fused-ring (bicyclic) bond motifs is 12. The quantitative estimate of drug-likeness (QED) is 0.0731. The number of allylic oxidation sites excluding steroid dienone is 1. The van der Waals surface area contributed by atoms with Gasteiger partial charge < -0.3 is 110 Å². The fraction of sp³-hybridized carbons (Fsp3) is 0.859. The van der Waals surface area contributed by atoms with Gasteiger partial charge in [0.2, 0.25) is 36.6 Å². The Labute approximate surface area is 800 Å². The van der Waals surface area contributed by atoms with E-state index in [9.17, 15) is 67.7 Å². The molecule has 0 amide bonds. The summed E-state index contributed by atoms with van der Waals surface area (Å²) in [7, 11) is 0. The number of rotatable bonds is 18. The second-order valence-electron chi connectivity index (χ2n) is 39.0. The molecule has 12 saturated heterocycles. The van der Waals surface area contributed by atoms with E-state index in [-0.39, 0.29) is 161 Å². The fourth-order valence-electron chi connectivity index (χ4n) is 16.4. The lowest BCUT2D eigenvalue weighted by atomic mass is 9.90. The topological polar surface area (TPSA) is 439 Å². The molecule has 0 aromatic rings. The van der Waals surface area contributed by atoms with E-state index >= 15 is 0 Å². The van der Waals surface area contributed by atoms with Crippen molar-refractivity contribution in [2.24, 2.45) is 50.2 Å². The summed E-state index contributed by atoms with van der Waals surface area (Å²) in [6, 6.07) is 0. The Morgan fingerprint density at radius 3 is 1.08 bits per heavy atom. The van der Waals surface area contributed by atoms with Crippen LogP contribution in [0.15, 0.2) is 12.2 Å². The molecule has 12 aliphatic heterocycles. The molecule has 1 spiro atoms. The Kier molecular flexibility index (Phi) is 47.3. The van der Waals surface area contributed by atoms with Gasteiger partial charge in [-0.3, -0.25) is 28.8 Å². The lowest BCUT2D eigenvalue weighted by Gasteiger charge is -2.33. The summed E-state index contributed by atoms with van der Waals surface area (Å²) in [4.78, 5) is 144. The maximum atomic E-state index is 12.3. The summed E-state index contributed by atoms with van der Waals surface area (Å²) in [5.41, 5.74) is -3.74. The SMILES string of the molecule is C.C.C.C.C.C.C.C.C.C.C.C.CCC(C)(C)C(=O)OC1C(=O)OC2C(O)C(O)OC12.CCC(C)(C)C(=O)OC1C(=O)OC2C1CC1OC(C)(C)OC12.CCC(C)(C)C(=O)OC1C(=O)OC2C3OC(C)(C)OC3OC12.CCC(C)(C)C(=O)OC1C(=O)OC2C3OC4(CCCCC4)OC3OC12.CCC(C)(C)C(=O)OC1C(=O)OC2C=CCC21.CCC(C)(C)C(=O)OC1C(=O)OC2CCCC21. The summed E-state index contributed by atoms with van der Waals surface area (Å²) in [6.07, 6.45) is 0.801. The fourth-order valence-corrected chi connectivity index (χ4v) is 16.4. The van der Waals surface area contributed by atoms with Gasteiger partial charge in [-0.15, -0.1) is 0 Å². The summed E-state index contributed by atoms with van der Waals surface area (Å²) >= 11 is 0. The first kappa shape index (κ1) is 129. The molecule has 16 rings (SSSR count). The average molecular weight is 1930 g/mol. The molecule has 16 aliphatic rings. The van der Waals surface area contributed by atoms with Crippen LogP contribution < -0.4 is 0 Å². The molecule has 0 aromatic heterocycles. The third-order valence-electron chi connectivity index (χ3n) is 26.9. The van der Waals surface area contributed by atoms with Crippen LogP contribution >= 0.6 is 0 Å². The number of aliphatic hydroxyl groups is 2. The molecule has 26 atom stereocenters. The molecule has 134 heavy (non-hydrogen) atoms. The van der Waals surface area contributed by atoms with Gasteiger partial charge in [0.1, 0.15) is 48.8 Å². The molecule has 15 fully saturated rings. The van der Waals surface area contributed by atoms with E-state index in [0.717, 1.165) is 51.4 Å². The number of ether oxygens (including phenoxy) is 21. The predicted molar refractivity (Wildman–Crippen MR) is 496 cm³/mol. The highest BCUT2D eigenvalue weighted by atomic mass is 16.9. The largest absolute Gasteiger partial charge is 0.459 e. The Balaban J connectivity index is 0. The van der Waals surface area contributed by atoms with Crippen molar-refractivity contribution in [3.05, 3.63) is 12.2 Å². The molecular formula is C99H176O35. The molecular weight excluding hydrogens is 1750 g/mol. The second kappa shape index (κ2) is 49.2. The molecule has 0 bridgehead atoms. The molecule has 0 aromatic carbocycles. The van der Waals surface area contributed by atoms with Crippen molar-refractivity contribution < 1.29 is 167 Å². The smallest absolute Gasteiger partial charge is 0.350 e. The minimum absolute atomic E-state index is 0. The van der Waals surface area contributed by atoms with E-state index in [1.165, 1.54) is 6.42 Å². The number of hydrogen-bond donors (Lipinski definition) is 2. The highest BCUT2D eigenvalue weighted by molar-refractivity contribution is 5.88. The Hall–Kier alpha value is -7.06. The maximum Gasteiger partial charge on any atom is 0.350 e. The van der Waals surface area contributed by atoms with Crippen LogP contribution in [0.3, 0.4) is 0 Å². The van der Waals surface area contributed by atoms with E-state index in [1.807, 2.05) is 109 Å². The number of carbonyl (C=O) groups excluding carboxylic acids is 12. The van der Waals surface area contributed by atoms with Crippen LogP contribution in [0.5, 0.6) is 0 Å². The summed E-state index contributed by atoms with van der Waals surface area (Å²) in [5.74, 6) is -7.76. The van der Waals surface area contributed by atoms with Gasteiger partial charge in [-0.1, -0.05) is 143 Å². The van der Waals surface area contributed by atoms with Crippen LogP contribution in [0.2, 0.25) is 0 Å². The van der Waals surface area contributed by atoms with Crippen molar-refractivity contribution in [2.75, 3.05) is 0 Å². The van der Waals surface area contributed by atoms with Gasteiger partial charge in [0.25, 0.3) is 0 Å². The van der Waals surface area contributed by atoms with Gasteiger partial charge in [0, 0.05) is 24.7 Å². The van der Waals surface area contributed by atoms with Crippen molar-refractivity contribution >= 4 is 71.6 Å². The highest BCUT2D eigenvalue weighted by Crippen LogP contribution is 2.52. The van der Waals surface area contributed by atoms with Crippen LogP contribution in [0.4, 0.5) is 0 Å². The van der Waals surface area contributed by atoms with Crippen molar-refractivity contribution in [1.29, 1.82) is 0 Å². The standard InChI is InChI=1S/C18H26O7.C16H24O6.C15H22O7.C13H20O4.C13H18O4.C12H18O7.12CH4/c1-4-17(2,3)16(20)23-12-10-11(21-14(12)19)13-15(22-10)25-18(24-13)8-6-5-7-9-18;1-6-15(2,3)14(18)20-11-8-7-9-12(10(8)19-13(11)17)22-16(4,5)21-9;1-6-14(2,3)13(17)20-9-7-8(18-11(9)16)10-12(19-7)22-15(4,5)21-10;2*1-4-13(2,3)12(15)17-10-8-6-5-7-9(8)16-11(10)14;1-4-12(2,3)11(16)19-8-7-6(17-10(8)15)5(13)9(14)18-7;;;;;;;;;;;;/h10-13,15H,4-9H2,1-3H3;8-12H,6-7H2,1-5H3;7-10,12H,6H2,1-5H3;8-10H,4-7H2,1-3H3;5,7-10H,4,6H2,1-3H3;5-9,13-14H,4H2,1-3H3;12*1H4. The number of carbonyl (C=O) groups is 12. The molecule has 35 heteroatoms. The molecule has 782 valence electrons. The number of esters is 12. The zero-order valence-corrected chi connectivity index (χ0v) is 74.3. The zero-order valence-electron chi connectivity index (χ0n) is 74.3. The highest BCUT2D eigenvalue weighted by Gasteiger charge is 2.69. The van der Waals surface area contributed by atoms with Crippen molar-refractivity contribution in [1.82, 2.24) is 0 Å². The van der Waals surface area contributed by atoms with Gasteiger partial charge >= 0.3 is 71.6 Å². The third-order valence-corrected chi connectivity index (χ3v) is 26.9. The Bertz CT molecular complexity index is 3810. The molecule has 12 heterocycles. The second-order valence-corrected chi connectivity index (χ2v) is 39.0. The minimum Gasteiger partial charge on any atom is -0.459 e. The van der Waals surface area contributed by atoms with Crippen LogP contribution in [-0.2, 0) is 157 Å². The van der Waals surface area contributed by atoms with Crippen LogP contribution in [-0.4, -0.2) is 240 Å². The van der Waals surface area contributed by atoms with Gasteiger partial charge in [-0.2, -0.15) is 0 Å². The first-order valence-corrected chi connectivity index (χ1v) is 43.4. The van der Waals surface area contributed by atoms with Crippen molar-refractivity contribution in [3.63, 3.8) is 0 Å². The number of aliphatic hydroxyl groups excluding tert-OH is 2. The van der Waals surface area contributed by atoms with E-state index < -0.39 is 208 Å². The molecule has 2 N–H and O–H groups in total. The predicted octanol–water partition coefficient (Wildman–Crippen LogP) is 15.9. The molecule has 0 radical (unpaired) electrons. The van der Waals surface area contributed by atoms with Gasteiger partial charge in [0.15, 0.2) is 66.8 Å². The monoisotopic (exact) mass is 1930 g/mol. The van der Waals surface area contributed by atoms with Crippen molar-refractivity contribution in [3.8, 4) is 0 Å².